The van der Waals surface area contributed by atoms with E-state index in [1.54, 1.807) is 39.0 Å². The van der Waals surface area contributed by atoms with E-state index < -0.39 is 28.9 Å². The van der Waals surface area contributed by atoms with Gasteiger partial charge in [0, 0.05) is 22.2 Å². The maximum atomic E-state index is 12.6. The number of aliphatic hydroxyl groups is 1. The van der Waals surface area contributed by atoms with Crippen LogP contribution in [0.1, 0.15) is 31.9 Å². The molecule has 0 aliphatic carbocycles. The molecule has 28 heavy (non-hydrogen) atoms. The van der Waals surface area contributed by atoms with Gasteiger partial charge in [-0.3, -0.25) is 4.79 Å². The summed E-state index contributed by atoms with van der Waals surface area (Å²) in [6, 6.07) is 15.3. The minimum absolute atomic E-state index is 0.295. The number of rotatable bonds is 5. The highest BCUT2D eigenvalue weighted by molar-refractivity contribution is 6.30. The monoisotopic (exact) mass is 399 g/mol. The van der Waals surface area contributed by atoms with Gasteiger partial charge in [0.25, 0.3) is 5.91 Å². The van der Waals surface area contributed by atoms with Gasteiger partial charge in [-0.05, 0) is 56.7 Å². The number of amides is 1. The minimum Gasteiger partial charge on any atom is -0.504 e. The highest BCUT2D eigenvalue weighted by atomic mass is 35.5. The van der Waals surface area contributed by atoms with E-state index in [2.05, 4.69) is 5.32 Å². The SMILES string of the molecule is CC(C)(C)NC(=O)C(OC(=O)/C=C\c1ccccc1)=C(O)c1ccc(Cl)cc1. The Hall–Kier alpha value is -3.05. The first-order valence-electron chi connectivity index (χ1n) is 8.62. The van der Waals surface area contributed by atoms with Crippen LogP contribution in [0, 0.1) is 0 Å². The van der Waals surface area contributed by atoms with E-state index in [0.29, 0.717) is 10.6 Å². The third kappa shape index (κ3) is 6.59. The second kappa shape index (κ2) is 9.24. The average Bonchev–Trinajstić information content (AvgIpc) is 2.64. The quantitative estimate of drug-likeness (QED) is 0.432. The van der Waals surface area contributed by atoms with E-state index in [4.69, 9.17) is 16.3 Å². The van der Waals surface area contributed by atoms with Gasteiger partial charge >= 0.3 is 5.97 Å². The predicted octanol–water partition coefficient (Wildman–Crippen LogP) is 4.74. The van der Waals surface area contributed by atoms with E-state index in [1.165, 1.54) is 18.2 Å². The first-order chi connectivity index (χ1) is 13.2. The molecular formula is C22H22ClNO4. The van der Waals surface area contributed by atoms with Gasteiger partial charge in [-0.15, -0.1) is 0 Å². The van der Waals surface area contributed by atoms with E-state index in [9.17, 15) is 14.7 Å². The topological polar surface area (TPSA) is 75.6 Å². The fraction of sp³-hybridized carbons (Fsp3) is 0.182. The summed E-state index contributed by atoms with van der Waals surface area (Å²) in [4.78, 5) is 24.8. The molecule has 1 amide bonds. The maximum absolute atomic E-state index is 12.6. The summed E-state index contributed by atoms with van der Waals surface area (Å²) in [5.74, 6) is -2.44. The number of ether oxygens (including phenoxy) is 1. The van der Waals surface area contributed by atoms with Crippen LogP contribution < -0.4 is 5.32 Å². The Morgan fingerprint density at radius 2 is 1.64 bits per heavy atom. The largest absolute Gasteiger partial charge is 0.504 e. The Morgan fingerprint density at radius 3 is 2.21 bits per heavy atom. The molecule has 0 radical (unpaired) electrons. The summed E-state index contributed by atoms with van der Waals surface area (Å²) in [7, 11) is 0. The fourth-order valence-corrected chi connectivity index (χ4v) is 2.33. The lowest BCUT2D eigenvalue weighted by Gasteiger charge is -2.21. The smallest absolute Gasteiger partial charge is 0.336 e. The normalized spacial score (nSPS) is 12.4. The van der Waals surface area contributed by atoms with Gasteiger partial charge in [0.2, 0.25) is 5.76 Å². The number of benzene rings is 2. The van der Waals surface area contributed by atoms with Crippen LogP contribution in [0.4, 0.5) is 0 Å². The molecule has 2 rings (SSSR count). The van der Waals surface area contributed by atoms with E-state index in [1.807, 2.05) is 30.3 Å². The van der Waals surface area contributed by atoms with Crippen LogP contribution in [0.3, 0.4) is 0 Å². The molecule has 2 N–H and O–H groups in total. The van der Waals surface area contributed by atoms with E-state index >= 15 is 0 Å². The molecule has 0 fully saturated rings. The third-order valence-electron chi connectivity index (χ3n) is 3.44. The maximum Gasteiger partial charge on any atom is 0.336 e. The molecule has 0 aliphatic rings. The van der Waals surface area contributed by atoms with Crippen LogP contribution in [0.15, 0.2) is 66.4 Å². The van der Waals surface area contributed by atoms with Gasteiger partial charge in [-0.1, -0.05) is 41.9 Å². The molecule has 0 atom stereocenters. The van der Waals surface area contributed by atoms with Gasteiger partial charge in [-0.2, -0.15) is 0 Å². The van der Waals surface area contributed by atoms with Crippen molar-refractivity contribution in [3.8, 4) is 0 Å². The summed E-state index contributed by atoms with van der Waals surface area (Å²) >= 11 is 5.86. The number of halogens is 1. The van der Waals surface area contributed by atoms with Crippen LogP contribution in [-0.4, -0.2) is 22.5 Å². The summed E-state index contributed by atoms with van der Waals surface area (Å²) < 4.78 is 5.19. The van der Waals surface area contributed by atoms with Crippen molar-refractivity contribution in [2.45, 2.75) is 26.3 Å². The summed E-state index contributed by atoms with van der Waals surface area (Å²) in [6.07, 6.45) is 2.75. The summed E-state index contributed by atoms with van der Waals surface area (Å²) in [6.45, 7) is 5.33. The number of aliphatic hydroxyl groups excluding tert-OH is 1. The molecule has 6 heteroatoms. The van der Waals surface area contributed by atoms with Crippen molar-refractivity contribution in [2.75, 3.05) is 0 Å². The van der Waals surface area contributed by atoms with Gasteiger partial charge in [0.15, 0.2) is 5.76 Å². The molecule has 0 spiro atoms. The average molecular weight is 400 g/mol. The molecule has 2 aromatic carbocycles. The first-order valence-corrected chi connectivity index (χ1v) is 9.00. The van der Waals surface area contributed by atoms with Gasteiger partial charge < -0.3 is 15.2 Å². The minimum atomic E-state index is -0.788. The predicted molar refractivity (Wildman–Crippen MR) is 110 cm³/mol. The van der Waals surface area contributed by atoms with Crippen molar-refractivity contribution < 1.29 is 19.4 Å². The van der Waals surface area contributed by atoms with Crippen molar-refractivity contribution in [2.24, 2.45) is 0 Å². The lowest BCUT2D eigenvalue weighted by atomic mass is 10.1. The molecule has 0 aliphatic heterocycles. The lowest BCUT2D eigenvalue weighted by molar-refractivity contribution is -0.138. The second-order valence-corrected chi connectivity index (χ2v) is 7.49. The zero-order valence-electron chi connectivity index (χ0n) is 15.9. The lowest BCUT2D eigenvalue weighted by Crippen LogP contribution is -2.42. The standard InChI is InChI=1S/C22H22ClNO4/c1-22(2,3)24-21(27)20(19(26)16-10-12-17(23)13-11-16)28-18(25)14-9-15-7-5-4-6-8-15/h4-14,26H,1-3H3,(H,24,27)/b14-9-,20-19?. The molecular weight excluding hydrogens is 378 g/mol. The Labute approximate surface area is 169 Å². The molecule has 0 saturated heterocycles. The molecule has 0 saturated carbocycles. The molecule has 0 unspecified atom stereocenters. The summed E-state index contributed by atoms with van der Waals surface area (Å²) in [5.41, 5.74) is 0.504. The molecule has 146 valence electrons. The van der Waals surface area contributed by atoms with Gasteiger partial charge in [0.05, 0.1) is 0 Å². The van der Waals surface area contributed by atoms with Crippen LogP contribution in [0.5, 0.6) is 0 Å². The number of carbonyl (C=O) groups is 2. The number of nitrogens with one attached hydrogen (secondary N) is 1. The van der Waals surface area contributed by atoms with Gasteiger partial charge in [0.1, 0.15) is 0 Å². The Bertz CT molecular complexity index is 894. The Morgan fingerprint density at radius 1 is 1.04 bits per heavy atom. The molecule has 0 aromatic heterocycles. The number of carbonyl (C=O) groups excluding carboxylic acids is 2. The van der Waals surface area contributed by atoms with Gasteiger partial charge in [-0.25, -0.2) is 4.79 Å². The fourth-order valence-electron chi connectivity index (χ4n) is 2.20. The third-order valence-corrected chi connectivity index (χ3v) is 3.69. The van der Waals surface area contributed by atoms with Crippen LogP contribution in [-0.2, 0) is 14.3 Å². The van der Waals surface area contributed by atoms with Crippen LogP contribution >= 0.6 is 11.6 Å². The molecule has 2 aromatic rings. The van der Waals surface area contributed by atoms with Crippen LogP contribution in [0.25, 0.3) is 11.8 Å². The second-order valence-electron chi connectivity index (χ2n) is 7.05. The molecule has 0 heterocycles. The zero-order valence-corrected chi connectivity index (χ0v) is 16.7. The molecule has 5 nitrogen and oxygen atoms in total. The molecule has 0 bridgehead atoms. The Kier molecular flexibility index (Phi) is 7.01. The number of hydrogen-bond donors (Lipinski definition) is 2. The number of hydrogen-bond acceptors (Lipinski definition) is 4. The van der Waals surface area contributed by atoms with Crippen molar-refractivity contribution >= 4 is 35.3 Å². The first kappa shape index (κ1) is 21.3. The number of esters is 1. The summed E-state index contributed by atoms with van der Waals surface area (Å²) in [5, 5.41) is 13.7. The highest BCUT2D eigenvalue weighted by Gasteiger charge is 2.25. The zero-order chi connectivity index (χ0) is 20.7. The van der Waals surface area contributed by atoms with E-state index in [0.717, 1.165) is 5.56 Å². The van der Waals surface area contributed by atoms with E-state index in [-0.39, 0.29) is 0 Å². The highest BCUT2D eigenvalue weighted by Crippen LogP contribution is 2.21. The van der Waals surface area contributed by atoms with Crippen molar-refractivity contribution in [1.82, 2.24) is 5.32 Å². The Balaban J connectivity index is 2.31. The van der Waals surface area contributed by atoms with Crippen molar-refractivity contribution in [3.05, 3.63) is 82.6 Å². The van der Waals surface area contributed by atoms with Crippen molar-refractivity contribution in [3.63, 3.8) is 0 Å². The van der Waals surface area contributed by atoms with Crippen LogP contribution in [0.2, 0.25) is 5.02 Å². The van der Waals surface area contributed by atoms with Crippen molar-refractivity contribution in [1.29, 1.82) is 0 Å².